The van der Waals surface area contributed by atoms with E-state index in [4.69, 9.17) is 11.6 Å². The van der Waals surface area contributed by atoms with E-state index in [1.807, 2.05) is 13.0 Å². The lowest BCUT2D eigenvalue weighted by molar-refractivity contribution is -0.124. The third kappa shape index (κ3) is 4.50. The monoisotopic (exact) mass is 294 g/mol. The topological polar surface area (TPSA) is 32.3 Å². The van der Waals surface area contributed by atoms with Crippen LogP contribution in [0, 0.1) is 5.92 Å². The van der Waals surface area contributed by atoms with Crippen molar-refractivity contribution in [3.8, 4) is 0 Å². The highest BCUT2D eigenvalue weighted by atomic mass is 35.5. The van der Waals surface area contributed by atoms with Crippen molar-refractivity contribution in [2.45, 2.75) is 32.4 Å². The maximum Gasteiger partial charge on any atom is 0.224 e. The van der Waals surface area contributed by atoms with Crippen molar-refractivity contribution in [3.63, 3.8) is 0 Å². The van der Waals surface area contributed by atoms with Gasteiger partial charge in [0, 0.05) is 37.5 Å². The summed E-state index contributed by atoms with van der Waals surface area (Å²) in [6.45, 7) is 4.94. The molecule has 4 heteroatoms. The van der Waals surface area contributed by atoms with Crippen LogP contribution in [-0.2, 0) is 11.3 Å². The fourth-order valence-corrected chi connectivity index (χ4v) is 2.63. The van der Waals surface area contributed by atoms with Gasteiger partial charge in [-0.2, -0.15) is 0 Å². The lowest BCUT2D eigenvalue weighted by Gasteiger charge is -2.32. The van der Waals surface area contributed by atoms with Crippen LogP contribution in [-0.4, -0.2) is 35.8 Å². The highest BCUT2D eigenvalue weighted by Gasteiger charge is 2.22. The van der Waals surface area contributed by atoms with Gasteiger partial charge in [-0.1, -0.05) is 37.3 Å². The van der Waals surface area contributed by atoms with Crippen LogP contribution in [0.1, 0.15) is 25.3 Å². The second-order valence-electron chi connectivity index (χ2n) is 5.60. The lowest BCUT2D eigenvalue weighted by atomic mass is 10.0. The summed E-state index contributed by atoms with van der Waals surface area (Å²) < 4.78 is 0. The highest BCUT2D eigenvalue weighted by molar-refractivity contribution is 6.19. The molecule has 1 aliphatic rings. The van der Waals surface area contributed by atoms with Crippen molar-refractivity contribution in [1.82, 2.24) is 10.2 Å². The molecule has 1 atom stereocenters. The maximum absolute atomic E-state index is 11.8. The molecule has 3 nitrogen and oxygen atoms in total. The van der Waals surface area contributed by atoms with Crippen molar-refractivity contribution in [1.29, 1.82) is 0 Å². The molecule has 1 aromatic rings. The molecule has 1 N–H and O–H groups in total. The van der Waals surface area contributed by atoms with Crippen LogP contribution in [0.2, 0.25) is 0 Å². The summed E-state index contributed by atoms with van der Waals surface area (Å²) in [5.74, 6) is 0.374. The van der Waals surface area contributed by atoms with Gasteiger partial charge in [-0.05, 0) is 18.4 Å². The number of hydrogen-bond donors (Lipinski definition) is 1. The Morgan fingerprint density at radius 3 is 2.60 bits per heavy atom. The molecular weight excluding hydrogens is 272 g/mol. The molecule has 1 fully saturated rings. The lowest BCUT2D eigenvalue weighted by Crippen LogP contribution is -2.46. The summed E-state index contributed by atoms with van der Waals surface area (Å²) >= 11 is 5.71. The van der Waals surface area contributed by atoms with Crippen LogP contribution >= 0.6 is 11.6 Å². The van der Waals surface area contributed by atoms with Crippen molar-refractivity contribution < 1.29 is 4.79 Å². The van der Waals surface area contributed by atoms with E-state index in [9.17, 15) is 4.79 Å². The van der Waals surface area contributed by atoms with E-state index in [0.717, 1.165) is 32.5 Å². The normalized spacial score (nSPS) is 18.7. The van der Waals surface area contributed by atoms with Crippen LogP contribution < -0.4 is 5.32 Å². The minimum absolute atomic E-state index is 0.0847. The Morgan fingerprint density at radius 1 is 1.35 bits per heavy atom. The maximum atomic E-state index is 11.8. The summed E-state index contributed by atoms with van der Waals surface area (Å²) in [7, 11) is 0. The summed E-state index contributed by atoms with van der Waals surface area (Å²) in [6.07, 6.45) is 2.04. The highest BCUT2D eigenvalue weighted by Crippen LogP contribution is 2.14. The van der Waals surface area contributed by atoms with Crippen LogP contribution in [0.4, 0.5) is 0 Å². The molecule has 1 heterocycles. The van der Waals surface area contributed by atoms with Gasteiger partial charge in [0.25, 0.3) is 0 Å². The van der Waals surface area contributed by atoms with E-state index in [-0.39, 0.29) is 11.8 Å². The molecular formula is C16H23ClN2O. The summed E-state index contributed by atoms with van der Waals surface area (Å²) in [6, 6.07) is 10.8. The minimum atomic E-state index is -0.0981. The first-order valence-corrected chi connectivity index (χ1v) is 7.85. The number of likely N-dealkylation sites (tertiary alicyclic amines) is 1. The molecule has 0 aliphatic carbocycles. The Morgan fingerprint density at radius 2 is 2.00 bits per heavy atom. The Hall–Kier alpha value is -1.06. The predicted octanol–water partition coefficient (Wildman–Crippen LogP) is 2.64. The Balaban J connectivity index is 1.74. The quantitative estimate of drug-likeness (QED) is 0.847. The zero-order valence-electron chi connectivity index (χ0n) is 12.0. The van der Waals surface area contributed by atoms with Crippen molar-refractivity contribution in [3.05, 3.63) is 35.9 Å². The van der Waals surface area contributed by atoms with Crippen LogP contribution in [0.15, 0.2) is 30.3 Å². The molecule has 110 valence electrons. The van der Waals surface area contributed by atoms with Gasteiger partial charge in [0.15, 0.2) is 0 Å². The van der Waals surface area contributed by atoms with Crippen LogP contribution in [0.3, 0.4) is 0 Å². The molecule has 0 spiro atoms. The van der Waals surface area contributed by atoms with E-state index in [1.165, 1.54) is 5.56 Å². The molecule has 0 bridgehead atoms. The molecule has 1 saturated heterocycles. The Labute approximate surface area is 126 Å². The van der Waals surface area contributed by atoms with E-state index in [2.05, 4.69) is 34.5 Å². The molecule has 20 heavy (non-hydrogen) atoms. The van der Waals surface area contributed by atoms with Gasteiger partial charge in [0.1, 0.15) is 0 Å². The summed E-state index contributed by atoms with van der Waals surface area (Å²) in [5.41, 5.74) is 1.35. The molecule has 1 unspecified atom stereocenters. The van der Waals surface area contributed by atoms with Gasteiger partial charge in [-0.25, -0.2) is 0 Å². The van der Waals surface area contributed by atoms with E-state index >= 15 is 0 Å². The average Bonchev–Trinajstić information content (AvgIpc) is 2.49. The van der Waals surface area contributed by atoms with E-state index in [1.54, 1.807) is 0 Å². The number of benzene rings is 1. The molecule has 1 amide bonds. The van der Waals surface area contributed by atoms with Crippen molar-refractivity contribution >= 4 is 17.5 Å². The molecule has 0 saturated carbocycles. The molecule has 0 aromatic heterocycles. The molecule has 1 aliphatic heterocycles. The number of carbonyl (C=O) groups is 1. The first kappa shape index (κ1) is 15.3. The number of halogens is 1. The summed E-state index contributed by atoms with van der Waals surface area (Å²) in [5, 5.41) is 3.10. The number of nitrogens with one attached hydrogen (secondary N) is 1. The minimum Gasteiger partial charge on any atom is -0.353 e. The number of rotatable bonds is 5. The number of alkyl halides is 1. The van der Waals surface area contributed by atoms with E-state index < -0.39 is 0 Å². The third-order valence-electron chi connectivity index (χ3n) is 3.86. The fourth-order valence-electron chi connectivity index (χ4n) is 2.49. The number of amides is 1. The number of hydrogen-bond acceptors (Lipinski definition) is 2. The van der Waals surface area contributed by atoms with Gasteiger partial charge in [0.05, 0.1) is 0 Å². The van der Waals surface area contributed by atoms with Crippen LogP contribution in [0.5, 0.6) is 0 Å². The first-order valence-electron chi connectivity index (χ1n) is 7.31. The molecule has 2 rings (SSSR count). The van der Waals surface area contributed by atoms with E-state index in [0.29, 0.717) is 11.9 Å². The smallest absolute Gasteiger partial charge is 0.224 e. The first-order chi connectivity index (χ1) is 9.69. The zero-order chi connectivity index (χ0) is 14.4. The standard InChI is InChI=1S/C16H23ClN2O/c1-13(11-17)16(20)18-15-7-9-19(10-8-15)12-14-5-3-2-4-6-14/h2-6,13,15H,7-12H2,1H3,(H,18,20). The van der Waals surface area contributed by atoms with Gasteiger partial charge < -0.3 is 5.32 Å². The second-order valence-corrected chi connectivity index (χ2v) is 5.91. The second kappa shape index (κ2) is 7.65. The number of carbonyl (C=O) groups excluding carboxylic acids is 1. The van der Waals surface area contributed by atoms with Gasteiger partial charge in [0.2, 0.25) is 5.91 Å². The van der Waals surface area contributed by atoms with Gasteiger partial charge >= 0.3 is 0 Å². The fraction of sp³-hybridized carbons (Fsp3) is 0.562. The number of nitrogens with zero attached hydrogens (tertiary/aromatic N) is 1. The zero-order valence-corrected chi connectivity index (χ0v) is 12.8. The molecule has 1 aromatic carbocycles. The van der Waals surface area contributed by atoms with Crippen molar-refractivity contribution in [2.24, 2.45) is 5.92 Å². The number of piperidine rings is 1. The third-order valence-corrected chi connectivity index (χ3v) is 4.32. The van der Waals surface area contributed by atoms with Crippen molar-refractivity contribution in [2.75, 3.05) is 19.0 Å². The predicted molar refractivity (Wildman–Crippen MR) is 82.8 cm³/mol. The van der Waals surface area contributed by atoms with Crippen LogP contribution in [0.25, 0.3) is 0 Å². The average molecular weight is 295 g/mol. The SMILES string of the molecule is CC(CCl)C(=O)NC1CCN(Cc2ccccc2)CC1. The van der Waals surface area contributed by atoms with Gasteiger partial charge in [-0.15, -0.1) is 11.6 Å². The Bertz CT molecular complexity index is 416. The van der Waals surface area contributed by atoms with Gasteiger partial charge in [-0.3, -0.25) is 9.69 Å². The Kier molecular flexibility index (Phi) is 5.86. The summed E-state index contributed by atoms with van der Waals surface area (Å²) in [4.78, 5) is 14.3. The largest absolute Gasteiger partial charge is 0.353 e. The molecule has 0 radical (unpaired) electrons.